The van der Waals surface area contributed by atoms with E-state index in [4.69, 9.17) is 15.2 Å². The van der Waals surface area contributed by atoms with Crippen molar-refractivity contribution in [3.8, 4) is 0 Å². The van der Waals surface area contributed by atoms with Crippen LogP contribution >= 0.6 is 0 Å². The first-order chi connectivity index (χ1) is 5.33. The number of hydrogen-bond donors (Lipinski definition) is 1. The predicted octanol–water partition coefficient (Wildman–Crippen LogP) is 0.138. The fourth-order valence-electron chi connectivity index (χ4n) is 1.96. The number of fused-ring (bicyclic) bond motifs is 1. The van der Waals surface area contributed by atoms with Gasteiger partial charge < -0.3 is 15.2 Å². The zero-order chi connectivity index (χ0) is 7.84. The molecule has 0 aromatic rings. The van der Waals surface area contributed by atoms with E-state index in [1.165, 1.54) is 0 Å². The Morgan fingerprint density at radius 2 is 2.00 bits per heavy atom. The summed E-state index contributed by atoms with van der Waals surface area (Å²) < 4.78 is 11.1. The van der Waals surface area contributed by atoms with Crippen LogP contribution in [-0.4, -0.2) is 31.5 Å². The number of nitrogens with two attached hydrogens (primary N) is 1. The predicted molar refractivity (Wildman–Crippen MR) is 41.2 cm³/mol. The standard InChI is InChI=1S/C8H15NO2/c1-2-5-3-10-8-6(9)4-11-7(5)8/h5-8H,2-4,9H2,1H3. The van der Waals surface area contributed by atoms with Gasteiger partial charge >= 0.3 is 0 Å². The van der Waals surface area contributed by atoms with Crippen molar-refractivity contribution in [3.63, 3.8) is 0 Å². The van der Waals surface area contributed by atoms with E-state index < -0.39 is 0 Å². The highest BCUT2D eigenvalue weighted by Gasteiger charge is 2.45. The van der Waals surface area contributed by atoms with Crippen LogP contribution in [0.15, 0.2) is 0 Å². The largest absolute Gasteiger partial charge is 0.373 e. The molecule has 0 amide bonds. The van der Waals surface area contributed by atoms with Crippen LogP contribution in [0.3, 0.4) is 0 Å². The average molecular weight is 157 g/mol. The van der Waals surface area contributed by atoms with Crippen LogP contribution in [0.4, 0.5) is 0 Å². The van der Waals surface area contributed by atoms with E-state index in [1.807, 2.05) is 0 Å². The maximum Gasteiger partial charge on any atom is 0.101 e. The summed E-state index contributed by atoms with van der Waals surface area (Å²) in [5.41, 5.74) is 5.79. The van der Waals surface area contributed by atoms with Crippen molar-refractivity contribution in [2.24, 2.45) is 11.7 Å². The quantitative estimate of drug-likeness (QED) is 0.588. The Hall–Kier alpha value is -0.120. The van der Waals surface area contributed by atoms with E-state index in [0.717, 1.165) is 13.0 Å². The third-order valence-corrected chi connectivity index (χ3v) is 2.72. The van der Waals surface area contributed by atoms with E-state index in [0.29, 0.717) is 12.5 Å². The lowest BCUT2D eigenvalue weighted by atomic mass is 9.98. The van der Waals surface area contributed by atoms with Crippen molar-refractivity contribution in [2.75, 3.05) is 13.2 Å². The smallest absolute Gasteiger partial charge is 0.101 e. The molecule has 11 heavy (non-hydrogen) atoms. The molecule has 2 aliphatic heterocycles. The van der Waals surface area contributed by atoms with E-state index in [2.05, 4.69) is 6.92 Å². The van der Waals surface area contributed by atoms with E-state index in [1.54, 1.807) is 0 Å². The highest BCUT2D eigenvalue weighted by atomic mass is 16.6. The average Bonchev–Trinajstić information content (AvgIpc) is 2.53. The molecular formula is C8H15NO2. The minimum Gasteiger partial charge on any atom is -0.373 e. The van der Waals surface area contributed by atoms with Gasteiger partial charge in [0.25, 0.3) is 0 Å². The summed E-state index contributed by atoms with van der Waals surface area (Å²) in [5.74, 6) is 0.577. The molecule has 0 radical (unpaired) electrons. The Balaban J connectivity index is 2.04. The summed E-state index contributed by atoms with van der Waals surface area (Å²) in [6.07, 6.45) is 1.60. The van der Waals surface area contributed by atoms with Crippen LogP contribution in [0.25, 0.3) is 0 Å². The zero-order valence-corrected chi connectivity index (χ0v) is 6.82. The molecule has 64 valence electrons. The van der Waals surface area contributed by atoms with Crippen molar-refractivity contribution >= 4 is 0 Å². The lowest BCUT2D eigenvalue weighted by Gasteiger charge is -2.13. The van der Waals surface area contributed by atoms with Crippen LogP contribution in [0.2, 0.25) is 0 Å². The summed E-state index contributed by atoms with van der Waals surface area (Å²) in [6, 6.07) is 0.108. The zero-order valence-electron chi connectivity index (χ0n) is 6.82. The summed E-state index contributed by atoms with van der Waals surface area (Å²) in [6.45, 7) is 3.68. The van der Waals surface area contributed by atoms with Gasteiger partial charge in [-0.05, 0) is 6.42 Å². The maximum absolute atomic E-state index is 5.79. The highest BCUT2D eigenvalue weighted by Crippen LogP contribution is 2.31. The fourth-order valence-corrected chi connectivity index (χ4v) is 1.96. The van der Waals surface area contributed by atoms with Gasteiger partial charge in [0.05, 0.1) is 25.4 Å². The van der Waals surface area contributed by atoms with Crippen molar-refractivity contribution in [2.45, 2.75) is 31.6 Å². The molecule has 2 fully saturated rings. The SMILES string of the molecule is CCC1COC2C(N)COC12. The van der Waals surface area contributed by atoms with Crippen LogP contribution in [-0.2, 0) is 9.47 Å². The highest BCUT2D eigenvalue weighted by molar-refractivity contribution is 4.95. The molecule has 0 aromatic carbocycles. The normalized spacial score (nSPS) is 49.6. The monoisotopic (exact) mass is 157 g/mol. The molecule has 0 spiro atoms. The Labute approximate surface area is 66.8 Å². The molecule has 4 atom stereocenters. The first kappa shape index (κ1) is 7.53. The van der Waals surface area contributed by atoms with E-state index in [-0.39, 0.29) is 18.2 Å². The Kier molecular flexibility index (Phi) is 1.87. The molecule has 2 N–H and O–H groups in total. The fraction of sp³-hybridized carbons (Fsp3) is 1.00. The molecule has 4 unspecified atom stereocenters. The third kappa shape index (κ3) is 1.08. The van der Waals surface area contributed by atoms with Crippen molar-refractivity contribution in [1.82, 2.24) is 0 Å². The van der Waals surface area contributed by atoms with Gasteiger partial charge in [-0.1, -0.05) is 6.92 Å². The Morgan fingerprint density at radius 3 is 2.73 bits per heavy atom. The second kappa shape index (κ2) is 2.73. The molecule has 0 saturated carbocycles. The van der Waals surface area contributed by atoms with Gasteiger partial charge in [0.1, 0.15) is 6.10 Å². The van der Waals surface area contributed by atoms with Crippen molar-refractivity contribution in [3.05, 3.63) is 0 Å². The van der Waals surface area contributed by atoms with Crippen LogP contribution < -0.4 is 5.73 Å². The molecule has 0 aromatic heterocycles. The topological polar surface area (TPSA) is 44.5 Å². The van der Waals surface area contributed by atoms with Gasteiger partial charge in [-0.15, -0.1) is 0 Å². The Morgan fingerprint density at radius 1 is 1.27 bits per heavy atom. The first-order valence-electron chi connectivity index (χ1n) is 4.31. The molecule has 0 aliphatic carbocycles. The van der Waals surface area contributed by atoms with Gasteiger partial charge in [0.2, 0.25) is 0 Å². The maximum atomic E-state index is 5.79. The molecule has 3 heteroatoms. The van der Waals surface area contributed by atoms with Gasteiger partial charge in [-0.2, -0.15) is 0 Å². The summed E-state index contributed by atoms with van der Waals surface area (Å²) in [4.78, 5) is 0. The van der Waals surface area contributed by atoms with E-state index >= 15 is 0 Å². The molecule has 2 saturated heterocycles. The minimum atomic E-state index is 0.108. The molecule has 2 aliphatic rings. The lowest BCUT2D eigenvalue weighted by molar-refractivity contribution is 0.0625. The van der Waals surface area contributed by atoms with Crippen LogP contribution in [0, 0.1) is 5.92 Å². The lowest BCUT2D eigenvalue weighted by Crippen LogP contribution is -2.35. The molecule has 2 heterocycles. The Bertz CT molecular complexity index is 151. The molecular weight excluding hydrogens is 142 g/mol. The molecule has 2 rings (SSSR count). The van der Waals surface area contributed by atoms with E-state index in [9.17, 15) is 0 Å². The minimum absolute atomic E-state index is 0.108. The van der Waals surface area contributed by atoms with Crippen molar-refractivity contribution < 1.29 is 9.47 Å². The summed E-state index contributed by atoms with van der Waals surface area (Å²) in [7, 11) is 0. The summed E-state index contributed by atoms with van der Waals surface area (Å²) >= 11 is 0. The molecule has 3 nitrogen and oxygen atoms in total. The summed E-state index contributed by atoms with van der Waals surface area (Å²) in [5, 5.41) is 0. The van der Waals surface area contributed by atoms with Crippen molar-refractivity contribution in [1.29, 1.82) is 0 Å². The van der Waals surface area contributed by atoms with Gasteiger partial charge in [0.15, 0.2) is 0 Å². The first-order valence-corrected chi connectivity index (χ1v) is 4.31. The van der Waals surface area contributed by atoms with Crippen LogP contribution in [0.1, 0.15) is 13.3 Å². The number of ether oxygens (including phenoxy) is 2. The second-order valence-electron chi connectivity index (χ2n) is 3.43. The van der Waals surface area contributed by atoms with Crippen LogP contribution in [0.5, 0.6) is 0 Å². The van der Waals surface area contributed by atoms with Gasteiger partial charge in [0, 0.05) is 5.92 Å². The number of rotatable bonds is 1. The van der Waals surface area contributed by atoms with Gasteiger partial charge in [-0.25, -0.2) is 0 Å². The molecule has 0 bridgehead atoms. The second-order valence-corrected chi connectivity index (χ2v) is 3.43. The third-order valence-electron chi connectivity index (χ3n) is 2.72. The van der Waals surface area contributed by atoms with Gasteiger partial charge in [-0.3, -0.25) is 0 Å². The number of hydrogen-bond acceptors (Lipinski definition) is 3.